The summed E-state index contributed by atoms with van der Waals surface area (Å²) < 4.78 is 8.87. The van der Waals surface area contributed by atoms with Crippen LogP contribution in [0.1, 0.15) is 27.3 Å². The molecule has 3 heterocycles. The molecule has 136 valence electrons. The van der Waals surface area contributed by atoms with Crippen molar-refractivity contribution >= 4 is 22.3 Å². The van der Waals surface area contributed by atoms with Crippen LogP contribution in [0.4, 0.5) is 0 Å². The summed E-state index contributed by atoms with van der Waals surface area (Å²) in [6.07, 6.45) is 3.85. The summed E-state index contributed by atoms with van der Waals surface area (Å²) in [4.78, 5) is 29.6. The predicted octanol–water partition coefficient (Wildman–Crippen LogP) is 3.52. The Morgan fingerprint density at radius 1 is 1.19 bits per heavy atom. The molecule has 0 radical (unpaired) electrons. The van der Waals surface area contributed by atoms with Crippen LogP contribution in [-0.4, -0.2) is 19.9 Å². The molecule has 0 saturated heterocycles. The molecule has 1 aromatic carbocycles. The Morgan fingerprint density at radius 3 is 2.74 bits per heavy atom. The van der Waals surface area contributed by atoms with E-state index in [1.165, 1.54) is 17.4 Å². The fourth-order valence-corrected chi connectivity index (χ4v) is 3.80. The van der Waals surface area contributed by atoms with Crippen LogP contribution >= 0.6 is 11.3 Å². The van der Waals surface area contributed by atoms with Gasteiger partial charge in [-0.1, -0.05) is 6.07 Å². The lowest BCUT2D eigenvalue weighted by molar-refractivity contribution is 0.0467. The minimum absolute atomic E-state index is 0.0474. The summed E-state index contributed by atoms with van der Waals surface area (Å²) in [6.45, 7) is 3.79. The van der Waals surface area contributed by atoms with E-state index in [9.17, 15) is 9.59 Å². The molecule has 0 atom stereocenters. The zero-order valence-electron chi connectivity index (χ0n) is 14.9. The van der Waals surface area contributed by atoms with Crippen LogP contribution in [0.5, 0.6) is 0 Å². The molecule has 0 aliphatic heterocycles. The van der Waals surface area contributed by atoms with Crippen LogP contribution in [0, 0.1) is 13.8 Å². The number of rotatable bonds is 4. The van der Waals surface area contributed by atoms with Gasteiger partial charge in [-0.05, 0) is 43.7 Å². The maximum atomic E-state index is 12.5. The second-order valence-corrected chi connectivity index (χ2v) is 7.09. The zero-order valence-corrected chi connectivity index (χ0v) is 15.7. The monoisotopic (exact) mass is 379 g/mol. The van der Waals surface area contributed by atoms with E-state index in [-0.39, 0.29) is 12.2 Å². The van der Waals surface area contributed by atoms with Crippen molar-refractivity contribution in [2.24, 2.45) is 0 Å². The van der Waals surface area contributed by atoms with Crippen molar-refractivity contribution < 1.29 is 9.53 Å². The standard InChI is InChI=1S/C20H17N3O3S/c1-13-5-6-15(9-17(13)22-7-3-4-8-22)19(25)26-11-16-10-18(24)23-14(2)12-27-20(23)21-16/h3-10,12H,11H2,1-2H3. The van der Waals surface area contributed by atoms with Crippen LogP contribution in [0.25, 0.3) is 10.6 Å². The van der Waals surface area contributed by atoms with Gasteiger partial charge in [-0.2, -0.15) is 0 Å². The Morgan fingerprint density at radius 2 is 1.96 bits per heavy atom. The number of aromatic nitrogens is 3. The molecule has 6 nitrogen and oxygen atoms in total. The third-order valence-electron chi connectivity index (χ3n) is 4.31. The number of ether oxygens (including phenoxy) is 1. The number of carbonyl (C=O) groups is 1. The van der Waals surface area contributed by atoms with Crippen molar-refractivity contribution in [3.8, 4) is 5.69 Å². The smallest absolute Gasteiger partial charge is 0.338 e. The lowest BCUT2D eigenvalue weighted by Crippen LogP contribution is -2.16. The first-order chi connectivity index (χ1) is 13.0. The van der Waals surface area contributed by atoms with E-state index in [2.05, 4.69) is 4.98 Å². The molecule has 0 amide bonds. The van der Waals surface area contributed by atoms with E-state index < -0.39 is 5.97 Å². The molecule has 0 spiro atoms. The summed E-state index contributed by atoms with van der Waals surface area (Å²) in [6, 6.07) is 10.7. The van der Waals surface area contributed by atoms with Crippen LogP contribution in [0.15, 0.2) is 59.0 Å². The highest BCUT2D eigenvalue weighted by molar-refractivity contribution is 7.15. The van der Waals surface area contributed by atoms with E-state index in [1.807, 2.05) is 54.4 Å². The fourth-order valence-electron chi connectivity index (χ4n) is 2.91. The number of benzene rings is 1. The molecule has 0 aliphatic rings. The normalized spacial score (nSPS) is 11.0. The molecule has 0 bridgehead atoms. The Balaban J connectivity index is 1.55. The summed E-state index contributed by atoms with van der Waals surface area (Å²) in [5.41, 5.74) is 3.53. The van der Waals surface area contributed by atoms with Gasteiger partial charge in [0.05, 0.1) is 11.3 Å². The first-order valence-corrected chi connectivity index (χ1v) is 9.29. The fraction of sp³-hybridized carbons (Fsp3) is 0.150. The lowest BCUT2D eigenvalue weighted by atomic mass is 10.1. The van der Waals surface area contributed by atoms with E-state index in [4.69, 9.17) is 4.74 Å². The summed E-state index contributed by atoms with van der Waals surface area (Å²) in [5, 5.41) is 1.87. The highest BCUT2D eigenvalue weighted by atomic mass is 32.1. The number of fused-ring (bicyclic) bond motifs is 1. The van der Waals surface area contributed by atoms with Gasteiger partial charge in [-0.3, -0.25) is 9.20 Å². The van der Waals surface area contributed by atoms with Crippen molar-refractivity contribution in [1.82, 2.24) is 14.0 Å². The van der Waals surface area contributed by atoms with Crippen molar-refractivity contribution in [1.29, 1.82) is 0 Å². The molecular formula is C20H17N3O3S. The number of thiazole rings is 1. The van der Waals surface area contributed by atoms with Gasteiger partial charge in [0.2, 0.25) is 0 Å². The molecule has 0 fully saturated rings. The molecule has 0 saturated carbocycles. The largest absolute Gasteiger partial charge is 0.456 e. The van der Waals surface area contributed by atoms with E-state index >= 15 is 0 Å². The maximum Gasteiger partial charge on any atom is 0.338 e. The first kappa shape index (κ1) is 17.2. The number of esters is 1. The Labute approximate surface area is 159 Å². The highest BCUT2D eigenvalue weighted by Gasteiger charge is 2.12. The van der Waals surface area contributed by atoms with Crippen LogP contribution in [0.3, 0.4) is 0 Å². The molecule has 4 aromatic rings. The van der Waals surface area contributed by atoms with Gasteiger partial charge in [-0.15, -0.1) is 11.3 Å². The average Bonchev–Trinajstić information content (AvgIpc) is 3.30. The molecule has 27 heavy (non-hydrogen) atoms. The molecule has 7 heteroatoms. The molecule has 0 aliphatic carbocycles. The lowest BCUT2D eigenvalue weighted by Gasteiger charge is -2.10. The number of hydrogen-bond acceptors (Lipinski definition) is 5. The quantitative estimate of drug-likeness (QED) is 0.509. The second-order valence-electron chi connectivity index (χ2n) is 6.25. The van der Waals surface area contributed by atoms with Gasteiger partial charge < -0.3 is 9.30 Å². The van der Waals surface area contributed by atoms with Crippen LogP contribution in [0.2, 0.25) is 0 Å². The molecule has 0 unspecified atom stereocenters. The minimum atomic E-state index is -0.451. The Bertz CT molecular complexity index is 1190. The third kappa shape index (κ3) is 3.29. The number of aryl methyl sites for hydroxylation is 2. The van der Waals surface area contributed by atoms with Gasteiger partial charge in [0.25, 0.3) is 5.56 Å². The van der Waals surface area contributed by atoms with Gasteiger partial charge in [0.15, 0.2) is 4.96 Å². The van der Waals surface area contributed by atoms with Gasteiger partial charge in [-0.25, -0.2) is 9.78 Å². The summed E-state index contributed by atoms with van der Waals surface area (Å²) >= 11 is 1.38. The van der Waals surface area contributed by atoms with Gasteiger partial charge in [0, 0.05) is 35.2 Å². The SMILES string of the molecule is Cc1ccc(C(=O)OCc2cc(=O)n3c(C)csc3n2)cc1-n1cccc1. The van der Waals surface area contributed by atoms with Crippen molar-refractivity contribution in [3.63, 3.8) is 0 Å². The van der Waals surface area contributed by atoms with Crippen LogP contribution in [-0.2, 0) is 11.3 Å². The van der Waals surface area contributed by atoms with Crippen molar-refractivity contribution in [2.75, 3.05) is 0 Å². The van der Waals surface area contributed by atoms with Crippen LogP contribution < -0.4 is 5.56 Å². The second kappa shape index (κ2) is 6.85. The maximum absolute atomic E-state index is 12.5. The Hall–Kier alpha value is -3.19. The van der Waals surface area contributed by atoms with Crippen molar-refractivity contribution in [2.45, 2.75) is 20.5 Å². The number of hydrogen-bond donors (Lipinski definition) is 0. The molecule has 3 aromatic heterocycles. The first-order valence-electron chi connectivity index (χ1n) is 8.41. The molecule has 4 rings (SSSR count). The molecular weight excluding hydrogens is 362 g/mol. The Kier molecular flexibility index (Phi) is 4.37. The van der Waals surface area contributed by atoms with E-state index in [1.54, 1.807) is 16.5 Å². The molecule has 0 N–H and O–H groups in total. The average molecular weight is 379 g/mol. The zero-order chi connectivity index (χ0) is 19.0. The summed E-state index contributed by atoms with van der Waals surface area (Å²) in [5.74, 6) is -0.451. The third-order valence-corrected chi connectivity index (χ3v) is 5.25. The van der Waals surface area contributed by atoms with Gasteiger partial charge >= 0.3 is 5.97 Å². The number of carbonyl (C=O) groups excluding carboxylic acids is 1. The summed E-state index contributed by atoms with van der Waals surface area (Å²) in [7, 11) is 0. The highest BCUT2D eigenvalue weighted by Crippen LogP contribution is 2.18. The topological polar surface area (TPSA) is 65.6 Å². The minimum Gasteiger partial charge on any atom is -0.456 e. The van der Waals surface area contributed by atoms with Gasteiger partial charge in [0.1, 0.15) is 6.61 Å². The predicted molar refractivity (Wildman–Crippen MR) is 104 cm³/mol. The van der Waals surface area contributed by atoms with Crippen molar-refractivity contribution in [3.05, 3.63) is 87.0 Å². The van der Waals surface area contributed by atoms with E-state index in [0.717, 1.165) is 16.9 Å². The van der Waals surface area contributed by atoms with E-state index in [0.29, 0.717) is 16.2 Å². The number of nitrogens with zero attached hydrogens (tertiary/aromatic N) is 3.